The summed E-state index contributed by atoms with van der Waals surface area (Å²) in [4.78, 5) is 18.0. The van der Waals surface area contributed by atoms with Gasteiger partial charge >= 0.3 is 0 Å². The molecule has 2 aromatic carbocycles. The lowest BCUT2D eigenvalue weighted by Crippen LogP contribution is -2.29. The van der Waals surface area contributed by atoms with Crippen molar-refractivity contribution in [1.82, 2.24) is 4.89 Å². The third kappa shape index (κ3) is 5.39. The zero-order valence-electron chi connectivity index (χ0n) is 11.6. The number of carbonyl (C=O) groups excluding carboxylic acids is 1. The van der Waals surface area contributed by atoms with Gasteiger partial charge in [-0.1, -0.05) is 26.9 Å². The maximum atomic E-state index is 12.8. The van der Waals surface area contributed by atoms with E-state index in [-0.39, 0.29) is 4.90 Å². The molecule has 0 aliphatic rings. The van der Waals surface area contributed by atoms with Gasteiger partial charge in [-0.2, -0.15) is 0 Å². The molecular formula is C14H12BrFN2O4S. The lowest BCUT2D eigenvalue weighted by atomic mass is 10.3. The maximum absolute atomic E-state index is 12.8. The summed E-state index contributed by atoms with van der Waals surface area (Å²) >= 11 is 3.26. The number of hydrogen-bond acceptors (Lipinski definition) is 4. The van der Waals surface area contributed by atoms with Crippen molar-refractivity contribution in [3.8, 4) is 0 Å². The molecule has 0 aliphatic heterocycles. The summed E-state index contributed by atoms with van der Waals surface area (Å²) in [6.45, 7) is -0.521. The molecule has 23 heavy (non-hydrogen) atoms. The van der Waals surface area contributed by atoms with Gasteiger partial charge in [-0.3, -0.25) is 9.63 Å². The normalized spacial score (nSPS) is 11.2. The fourth-order valence-corrected chi connectivity index (χ4v) is 2.80. The highest BCUT2D eigenvalue weighted by molar-refractivity contribution is 9.10. The molecule has 0 spiro atoms. The Morgan fingerprint density at radius 2 is 1.87 bits per heavy atom. The summed E-state index contributed by atoms with van der Waals surface area (Å²) in [5.41, 5.74) is 0.536. The number of amides is 1. The van der Waals surface area contributed by atoms with Gasteiger partial charge in [-0.25, -0.2) is 12.8 Å². The Bertz CT molecular complexity index is 797. The number of anilines is 1. The second-order valence-corrected chi connectivity index (χ2v) is 6.95. The van der Waals surface area contributed by atoms with Crippen LogP contribution in [0.5, 0.6) is 0 Å². The SMILES string of the molecule is O=C(CONS(=O)(=O)c1ccc(F)cc1)Nc1cccc(Br)c1. The summed E-state index contributed by atoms with van der Waals surface area (Å²) in [6, 6.07) is 11.1. The Kier molecular flexibility index (Phi) is 5.83. The number of benzene rings is 2. The smallest absolute Gasteiger partial charge is 0.262 e. The molecule has 2 aromatic rings. The number of nitrogens with one attached hydrogen (secondary N) is 2. The highest BCUT2D eigenvalue weighted by Crippen LogP contribution is 2.15. The molecule has 2 rings (SSSR count). The molecule has 0 aromatic heterocycles. The van der Waals surface area contributed by atoms with Crippen LogP contribution < -0.4 is 10.2 Å². The van der Waals surface area contributed by atoms with Gasteiger partial charge in [-0.05, 0) is 42.5 Å². The number of halogens is 2. The lowest BCUT2D eigenvalue weighted by Gasteiger charge is -2.08. The molecule has 0 fully saturated rings. The van der Waals surface area contributed by atoms with Crippen molar-refractivity contribution < 1.29 is 22.4 Å². The van der Waals surface area contributed by atoms with E-state index < -0.39 is 28.4 Å². The Balaban J connectivity index is 1.86. The summed E-state index contributed by atoms with van der Waals surface area (Å²) in [6.07, 6.45) is 0. The highest BCUT2D eigenvalue weighted by Gasteiger charge is 2.15. The second kappa shape index (κ2) is 7.64. The number of carbonyl (C=O) groups is 1. The zero-order valence-corrected chi connectivity index (χ0v) is 14.0. The van der Waals surface area contributed by atoms with Crippen LogP contribution in [-0.2, 0) is 19.7 Å². The van der Waals surface area contributed by atoms with Crippen molar-refractivity contribution in [1.29, 1.82) is 0 Å². The van der Waals surface area contributed by atoms with Crippen molar-refractivity contribution in [3.05, 3.63) is 58.8 Å². The molecule has 0 bridgehead atoms. The quantitative estimate of drug-likeness (QED) is 0.726. The summed E-state index contributed by atoms with van der Waals surface area (Å²) < 4.78 is 37.2. The van der Waals surface area contributed by atoms with Gasteiger partial charge in [0.05, 0.1) is 4.90 Å². The Hall–Kier alpha value is -1.81. The van der Waals surface area contributed by atoms with E-state index in [1.54, 1.807) is 29.2 Å². The van der Waals surface area contributed by atoms with Crippen molar-refractivity contribution >= 4 is 37.5 Å². The molecule has 9 heteroatoms. The summed E-state index contributed by atoms with van der Waals surface area (Å²) in [7, 11) is -3.98. The average molecular weight is 403 g/mol. The minimum absolute atomic E-state index is 0.175. The molecule has 0 heterocycles. The van der Waals surface area contributed by atoms with E-state index in [0.717, 1.165) is 28.7 Å². The number of rotatable bonds is 6. The molecule has 0 atom stereocenters. The van der Waals surface area contributed by atoms with Gasteiger partial charge in [0.25, 0.3) is 15.9 Å². The van der Waals surface area contributed by atoms with Crippen LogP contribution in [-0.4, -0.2) is 20.9 Å². The lowest BCUT2D eigenvalue weighted by molar-refractivity contribution is -0.121. The third-order valence-corrected chi connectivity index (χ3v) is 4.33. The predicted molar refractivity (Wildman–Crippen MR) is 85.4 cm³/mol. The minimum atomic E-state index is -3.98. The topological polar surface area (TPSA) is 84.5 Å². The molecule has 0 saturated heterocycles. The van der Waals surface area contributed by atoms with E-state index in [9.17, 15) is 17.6 Å². The van der Waals surface area contributed by atoms with Gasteiger partial charge in [0, 0.05) is 10.2 Å². The van der Waals surface area contributed by atoms with Crippen LogP contribution in [0.3, 0.4) is 0 Å². The first-order valence-electron chi connectivity index (χ1n) is 6.31. The fourth-order valence-electron chi connectivity index (χ4n) is 1.60. The summed E-state index contributed by atoms with van der Waals surface area (Å²) in [5, 5.41) is 2.54. The molecule has 0 saturated carbocycles. The molecule has 0 aliphatic carbocycles. The van der Waals surface area contributed by atoms with Gasteiger partial charge in [0.15, 0.2) is 0 Å². The predicted octanol–water partition coefficient (Wildman–Crippen LogP) is 2.44. The van der Waals surface area contributed by atoms with Crippen molar-refractivity contribution in [2.75, 3.05) is 11.9 Å². The molecule has 2 N–H and O–H groups in total. The van der Waals surface area contributed by atoms with Crippen LogP contribution in [0.15, 0.2) is 57.9 Å². The van der Waals surface area contributed by atoms with E-state index in [2.05, 4.69) is 21.2 Å². The van der Waals surface area contributed by atoms with Crippen LogP contribution in [0, 0.1) is 5.82 Å². The second-order valence-electron chi connectivity index (χ2n) is 4.39. The molecule has 1 amide bonds. The van der Waals surface area contributed by atoms with Crippen LogP contribution in [0.4, 0.5) is 10.1 Å². The minimum Gasteiger partial charge on any atom is -0.324 e. The van der Waals surface area contributed by atoms with Crippen molar-refractivity contribution in [2.24, 2.45) is 0 Å². The maximum Gasteiger partial charge on any atom is 0.262 e. The molecule has 0 unspecified atom stereocenters. The number of hydrogen-bond donors (Lipinski definition) is 2. The Morgan fingerprint density at radius 1 is 1.17 bits per heavy atom. The van der Waals surface area contributed by atoms with E-state index in [4.69, 9.17) is 4.84 Å². The largest absolute Gasteiger partial charge is 0.324 e. The molecular weight excluding hydrogens is 391 g/mol. The third-order valence-electron chi connectivity index (χ3n) is 2.60. The highest BCUT2D eigenvalue weighted by atomic mass is 79.9. The molecule has 0 radical (unpaired) electrons. The average Bonchev–Trinajstić information content (AvgIpc) is 2.47. The van der Waals surface area contributed by atoms with E-state index in [1.165, 1.54) is 0 Å². The van der Waals surface area contributed by atoms with Crippen LogP contribution in [0.1, 0.15) is 0 Å². The first kappa shape index (κ1) is 17.5. The van der Waals surface area contributed by atoms with Crippen molar-refractivity contribution in [2.45, 2.75) is 4.90 Å². The Labute approximate surface area is 140 Å². The standard InChI is InChI=1S/C14H12BrFN2O4S/c15-10-2-1-3-12(8-10)17-14(19)9-22-18-23(20,21)13-6-4-11(16)5-7-13/h1-8,18H,9H2,(H,17,19). The van der Waals surface area contributed by atoms with Crippen LogP contribution in [0.2, 0.25) is 0 Å². The van der Waals surface area contributed by atoms with E-state index in [1.807, 2.05) is 0 Å². The van der Waals surface area contributed by atoms with E-state index in [0.29, 0.717) is 5.69 Å². The van der Waals surface area contributed by atoms with E-state index >= 15 is 0 Å². The Morgan fingerprint density at radius 3 is 2.52 bits per heavy atom. The van der Waals surface area contributed by atoms with Gasteiger partial charge in [0.1, 0.15) is 12.4 Å². The zero-order chi connectivity index (χ0) is 16.9. The van der Waals surface area contributed by atoms with Crippen LogP contribution >= 0.6 is 15.9 Å². The number of sulfonamides is 1. The van der Waals surface area contributed by atoms with Crippen LogP contribution in [0.25, 0.3) is 0 Å². The first-order valence-corrected chi connectivity index (χ1v) is 8.59. The molecule has 122 valence electrons. The summed E-state index contributed by atoms with van der Waals surface area (Å²) in [5.74, 6) is -1.09. The van der Waals surface area contributed by atoms with Gasteiger partial charge in [0.2, 0.25) is 0 Å². The van der Waals surface area contributed by atoms with Crippen molar-refractivity contribution in [3.63, 3.8) is 0 Å². The molecule has 6 nitrogen and oxygen atoms in total. The van der Waals surface area contributed by atoms with Gasteiger partial charge in [-0.15, -0.1) is 0 Å². The van der Waals surface area contributed by atoms with Gasteiger partial charge < -0.3 is 5.32 Å². The fraction of sp³-hybridized carbons (Fsp3) is 0.0714. The first-order chi connectivity index (χ1) is 10.9. The monoisotopic (exact) mass is 402 g/mol.